The predicted molar refractivity (Wildman–Crippen MR) is 78.9 cm³/mol. The maximum Gasteiger partial charge on any atom is 0.238 e. The van der Waals surface area contributed by atoms with E-state index >= 15 is 0 Å². The summed E-state index contributed by atoms with van der Waals surface area (Å²) in [4.78, 5) is 2.00. The van der Waals surface area contributed by atoms with Crippen LogP contribution in [0.1, 0.15) is 16.7 Å². The molecule has 1 aliphatic rings. The molecule has 2 aromatic rings. The molecule has 1 heterocycles. The van der Waals surface area contributed by atoms with E-state index in [4.69, 9.17) is 5.14 Å². The van der Waals surface area contributed by atoms with Gasteiger partial charge in [-0.3, -0.25) is 0 Å². The number of fused-ring (bicyclic) bond motifs is 1. The maximum absolute atomic E-state index is 11.5. The van der Waals surface area contributed by atoms with Crippen LogP contribution in [0.15, 0.2) is 47.4 Å². The lowest BCUT2D eigenvalue weighted by Crippen LogP contribution is -2.18. The van der Waals surface area contributed by atoms with Gasteiger partial charge in [-0.05, 0) is 29.3 Å². The molecule has 0 radical (unpaired) electrons. The molecule has 0 aromatic heterocycles. The van der Waals surface area contributed by atoms with Crippen molar-refractivity contribution >= 4 is 15.7 Å². The fraction of sp³-hybridized carbons (Fsp3) is 0.133. The molecule has 0 saturated heterocycles. The zero-order valence-corrected chi connectivity index (χ0v) is 12.0. The first-order chi connectivity index (χ1) is 9.99. The molecule has 2 N–H and O–H groups in total. The Kier molecular flexibility index (Phi) is 3.16. The van der Waals surface area contributed by atoms with Crippen LogP contribution in [0, 0.1) is 11.3 Å². The Balaban J connectivity index is 2.05. The molecular formula is C15H13N3O2S. The monoisotopic (exact) mass is 299 g/mol. The Labute approximate surface area is 123 Å². The summed E-state index contributed by atoms with van der Waals surface area (Å²) in [5.74, 6) is 0. The van der Waals surface area contributed by atoms with Gasteiger partial charge in [-0.2, -0.15) is 5.26 Å². The Bertz CT molecular complexity index is 828. The second-order valence-corrected chi connectivity index (χ2v) is 6.52. The van der Waals surface area contributed by atoms with Gasteiger partial charge in [0.05, 0.1) is 16.1 Å². The Morgan fingerprint density at radius 3 is 2.24 bits per heavy atom. The van der Waals surface area contributed by atoms with E-state index in [0.717, 1.165) is 0 Å². The van der Waals surface area contributed by atoms with Crippen molar-refractivity contribution in [3.05, 3.63) is 59.2 Å². The number of nitriles is 1. The highest BCUT2D eigenvalue weighted by Gasteiger charge is 2.22. The smallest absolute Gasteiger partial charge is 0.238 e. The summed E-state index contributed by atoms with van der Waals surface area (Å²) in [5, 5.41) is 14.4. The Morgan fingerprint density at radius 2 is 1.71 bits per heavy atom. The summed E-state index contributed by atoms with van der Waals surface area (Å²) in [6.07, 6.45) is 0. The number of sulfonamides is 1. The highest BCUT2D eigenvalue weighted by molar-refractivity contribution is 7.89. The molecule has 0 spiro atoms. The number of rotatable bonds is 2. The first-order valence-electron chi connectivity index (χ1n) is 6.38. The van der Waals surface area contributed by atoms with E-state index in [-0.39, 0.29) is 4.90 Å². The van der Waals surface area contributed by atoms with E-state index < -0.39 is 10.0 Å². The highest BCUT2D eigenvalue weighted by atomic mass is 32.2. The molecule has 2 aromatic carbocycles. The summed E-state index contributed by atoms with van der Waals surface area (Å²) < 4.78 is 23.0. The Hall–Kier alpha value is -2.36. The number of anilines is 1. The zero-order valence-electron chi connectivity index (χ0n) is 11.2. The highest BCUT2D eigenvalue weighted by Crippen LogP contribution is 2.31. The number of benzene rings is 2. The second-order valence-electron chi connectivity index (χ2n) is 4.96. The van der Waals surface area contributed by atoms with Gasteiger partial charge in [0.25, 0.3) is 0 Å². The van der Waals surface area contributed by atoms with Crippen molar-refractivity contribution in [3.63, 3.8) is 0 Å². The van der Waals surface area contributed by atoms with E-state index in [1.165, 1.54) is 29.3 Å². The van der Waals surface area contributed by atoms with E-state index in [2.05, 4.69) is 6.07 Å². The fourth-order valence-corrected chi connectivity index (χ4v) is 3.08. The molecule has 0 aliphatic carbocycles. The van der Waals surface area contributed by atoms with Crippen molar-refractivity contribution in [1.82, 2.24) is 0 Å². The number of nitrogens with zero attached hydrogens (tertiary/aromatic N) is 2. The van der Waals surface area contributed by atoms with Gasteiger partial charge in [-0.25, -0.2) is 13.6 Å². The molecule has 21 heavy (non-hydrogen) atoms. The maximum atomic E-state index is 11.5. The molecule has 5 nitrogen and oxygen atoms in total. The zero-order chi connectivity index (χ0) is 15.0. The van der Waals surface area contributed by atoms with Gasteiger partial charge < -0.3 is 4.90 Å². The van der Waals surface area contributed by atoms with Crippen LogP contribution in [0.4, 0.5) is 5.69 Å². The summed E-state index contributed by atoms with van der Waals surface area (Å²) in [5.41, 5.74) is 3.40. The number of nitrogens with two attached hydrogens (primary N) is 1. The largest absolute Gasteiger partial charge is 0.362 e. The summed E-state index contributed by atoms with van der Waals surface area (Å²) in [6, 6.07) is 14.4. The molecule has 0 unspecified atom stereocenters. The van der Waals surface area contributed by atoms with E-state index in [1.54, 1.807) is 0 Å². The van der Waals surface area contributed by atoms with Crippen LogP contribution in [0.2, 0.25) is 0 Å². The number of primary sulfonamides is 1. The molecule has 0 bridgehead atoms. The second kappa shape index (κ2) is 4.88. The van der Waals surface area contributed by atoms with Crippen LogP contribution in [-0.2, 0) is 23.1 Å². The quantitative estimate of drug-likeness (QED) is 0.914. The molecule has 0 amide bonds. The van der Waals surface area contributed by atoms with Crippen molar-refractivity contribution in [3.8, 4) is 6.07 Å². The van der Waals surface area contributed by atoms with Crippen LogP contribution < -0.4 is 10.0 Å². The van der Waals surface area contributed by atoms with Crippen molar-refractivity contribution in [2.24, 2.45) is 5.14 Å². The lowest BCUT2D eigenvalue weighted by molar-refractivity contribution is 0.597. The third-order valence-corrected chi connectivity index (χ3v) is 4.51. The van der Waals surface area contributed by atoms with Crippen molar-refractivity contribution < 1.29 is 8.42 Å². The van der Waals surface area contributed by atoms with E-state index in [9.17, 15) is 13.7 Å². The minimum absolute atomic E-state index is 0.0208. The van der Waals surface area contributed by atoms with E-state index in [1.807, 2.05) is 29.2 Å². The van der Waals surface area contributed by atoms with Crippen molar-refractivity contribution in [2.45, 2.75) is 18.0 Å². The minimum atomic E-state index is -3.78. The summed E-state index contributed by atoms with van der Waals surface area (Å²) in [7, 11) is -3.78. The molecular weight excluding hydrogens is 286 g/mol. The van der Waals surface area contributed by atoms with Gasteiger partial charge in [-0.1, -0.05) is 24.3 Å². The van der Waals surface area contributed by atoms with Gasteiger partial charge in [0.1, 0.15) is 6.07 Å². The van der Waals surface area contributed by atoms with Crippen LogP contribution in [0.5, 0.6) is 0 Å². The van der Waals surface area contributed by atoms with Crippen molar-refractivity contribution in [2.75, 3.05) is 4.90 Å². The van der Waals surface area contributed by atoms with Gasteiger partial charge in [0.2, 0.25) is 10.0 Å². The number of hydrogen-bond acceptors (Lipinski definition) is 4. The average molecular weight is 299 g/mol. The van der Waals surface area contributed by atoms with Crippen LogP contribution in [0.25, 0.3) is 0 Å². The van der Waals surface area contributed by atoms with Gasteiger partial charge in [0, 0.05) is 13.1 Å². The standard InChI is InChI=1S/C15H13N3O2S/c16-8-11-5-6-14(21(17,19)20)7-15(11)18-9-12-3-1-2-4-13(12)10-18/h1-7H,9-10H2,(H2,17,19,20). The SMILES string of the molecule is N#Cc1ccc(S(N)(=O)=O)cc1N1Cc2ccccc2C1. The third kappa shape index (κ3) is 2.49. The topological polar surface area (TPSA) is 87.2 Å². The van der Waals surface area contributed by atoms with Gasteiger partial charge >= 0.3 is 0 Å². The van der Waals surface area contributed by atoms with Gasteiger partial charge in [-0.15, -0.1) is 0 Å². The fourth-order valence-electron chi connectivity index (χ4n) is 2.55. The van der Waals surface area contributed by atoms with Crippen LogP contribution >= 0.6 is 0 Å². The first-order valence-corrected chi connectivity index (χ1v) is 7.92. The van der Waals surface area contributed by atoms with E-state index in [0.29, 0.717) is 24.3 Å². The summed E-state index contributed by atoms with van der Waals surface area (Å²) >= 11 is 0. The molecule has 3 rings (SSSR count). The lowest BCUT2D eigenvalue weighted by Gasteiger charge is -2.19. The first kappa shape index (κ1) is 13.6. The molecule has 6 heteroatoms. The third-order valence-electron chi connectivity index (χ3n) is 3.60. The predicted octanol–water partition coefficient (Wildman–Crippen LogP) is 1.73. The molecule has 1 aliphatic heterocycles. The molecule has 0 saturated carbocycles. The molecule has 106 valence electrons. The average Bonchev–Trinajstić information content (AvgIpc) is 2.89. The minimum Gasteiger partial charge on any atom is -0.362 e. The molecule has 0 fully saturated rings. The number of hydrogen-bond donors (Lipinski definition) is 1. The van der Waals surface area contributed by atoms with Crippen LogP contribution in [-0.4, -0.2) is 8.42 Å². The normalized spacial score (nSPS) is 13.8. The summed E-state index contributed by atoms with van der Waals surface area (Å²) in [6.45, 7) is 1.30. The van der Waals surface area contributed by atoms with Crippen molar-refractivity contribution in [1.29, 1.82) is 5.26 Å². The lowest BCUT2D eigenvalue weighted by atomic mass is 10.1. The Morgan fingerprint density at radius 1 is 1.10 bits per heavy atom. The molecule has 0 atom stereocenters. The van der Waals surface area contributed by atoms with Crippen LogP contribution in [0.3, 0.4) is 0 Å². The van der Waals surface area contributed by atoms with Gasteiger partial charge in [0.15, 0.2) is 0 Å².